The second-order valence-electron chi connectivity index (χ2n) is 15.0. The summed E-state index contributed by atoms with van der Waals surface area (Å²) in [5.74, 6) is -3.43. The van der Waals surface area contributed by atoms with Gasteiger partial charge < -0.3 is 35.5 Å². The SMILES string of the molecule is CNC(=O)c1c(F)cccc1Nc1nc(Nc2cc3c(cc2OC)CCN3C(=O)CN(C)C(=O)CCCc2cccc3c2C(=O)N(C2CCC(=O)NC2=O)C3=O)nc2[nH]ccc12. The number of aryl methyl sites for hydroxylation is 1. The number of aromatic amines is 1. The molecule has 318 valence electrons. The number of likely N-dealkylation sites (N-methyl/N-ethyl adjacent to an activating group) is 1. The number of fused-ring (bicyclic) bond motifs is 3. The van der Waals surface area contributed by atoms with Crippen molar-refractivity contribution in [2.45, 2.75) is 44.6 Å². The van der Waals surface area contributed by atoms with Gasteiger partial charge in [-0.05, 0) is 73.2 Å². The van der Waals surface area contributed by atoms with Crippen molar-refractivity contribution in [3.8, 4) is 5.75 Å². The Bertz CT molecular complexity index is 2720. The Kier molecular flexibility index (Phi) is 11.1. The van der Waals surface area contributed by atoms with E-state index < -0.39 is 41.4 Å². The van der Waals surface area contributed by atoms with Crippen LogP contribution in [-0.2, 0) is 32.0 Å². The lowest BCUT2D eigenvalue weighted by Gasteiger charge is -2.27. The number of anilines is 5. The summed E-state index contributed by atoms with van der Waals surface area (Å²) in [5, 5.41) is 11.5. The first-order chi connectivity index (χ1) is 29.9. The molecule has 0 saturated carbocycles. The summed E-state index contributed by atoms with van der Waals surface area (Å²) in [4.78, 5) is 107. The molecule has 3 aliphatic rings. The third-order valence-corrected chi connectivity index (χ3v) is 11.2. The Balaban J connectivity index is 0.930. The summed E-state index contributed by atoms with van der Waals surface area (Å²) < 4.78 is 20.5. The zero-order valence-electron chi connectivity index (χ0n) is 33.9. The van der Waals surface area contributed by atoms with Crippen molar-refractivity contribution in [3.05, 3.63) is 94.4 Å². The molecule has 3 aromatic carbocycles. The monoisotopic (exact) mass is 844 g/mol. The number of carbonyl (C=O) groups excluding carboxylic acids is 7. The highest BCUT2D eigenvalue weighted by atomic mass is 19.1. The average Bonchev–Trinajstić information content (AvgIpc) is 3.97. The summed E-state index contributed by atoms with van der Waals surface area (Å²) in [6, 6.07) is 13.3. The normalized spacial score (nSPS) is 15.6. The third kappa shape index (κ3) is 7.63. The van der Waals surface area contributed by atoms with Crippen LogP contribution in [0.25, 0.3) is 11.0 Å². The number of hydrogen-bond acceptors (Lipinski definition) is 12. The largest absolute Gasteiger partial charge is 0.495 e. The van der Waals surface area contributed by atoms with Crippen molar-refractivity contribution >= 4 is 81.2 Å². The number of ether oxygens (including phenoxy) is 1. The summed E-state index contributed by atoms with van der Waals surface area (Å²) in [6.45, 7) is 0.159. The lowest BCUT2D eigenvalue weighted by molar-refractivity contribution is -0.136. The second kappa shape index (κ2) is 16.7. The Morgan fingerprint density at radius 3 is 2.56 bits per heavy atom. The van der Waals surface area contributed by atoms with Crippen molar-refractivity contribution < 1.29 is 42.7 Å². The van der Waals surface area contributed by atoms with Gasteiger partial charge in [0.2, 0.25) is 29.6 Å². The first kappa shape index (κ1) is 41.1. The van der Waals surface area contributed by atoms with E-state index in [0.717, 1.165) is 10.5 Å². The van der Waals surface area contributed by atoms with Crippen LogP contribution in [0.15, 0.2) is 60.8 Å². The molecule has 5 aromatic rings. The molecule has 0 spiro atoms. The minimum Gasteiger partial charge on any atom is -0.495 e. The molecular formula is C43H41FN10O8. The molecular weight excluding hydrogens is 804 g/mol. The molecule has 1 unspecified atom stereocenters. The van der Waals surface area contributed by atoms with E-state index >= 15 is 0 Å². The van der Waals surface area contributed by atoms with Gasteiger partial charge in [0.15, 0.2) is 0 Å². The standard InChI is InChI=1S/C43H41FN10O8/c1-45-40(59)36-26(44)10-6-11-27(36)47-38-25-15-17-46-37(25)50-43(51-38)48-28-20-30-23(19-31(28)62-3)16-18-53(30)34(57)21-52(2)33(56)12-5-8-22-7-4-9-24-35(22)42(61)54(41(24)60)29-13-14-32(55)49-39(29)58/h4,6-7,9-11,15,17,19-20,29H,5,8,12-14,16,18,21H2,1-3H3,(H,45,59)(H,49,55,58)(H3,46,47,48,50,51). The highest BCUT2D eigenvalue weighted by Gasteiger charge is 2.45. The average molecular weight is 845 g/mol. The lowest BCUT2D eigenvalue weighted by atomic mass is 9.98. The topological polar surface area (TPSA) is 228 Å². The Morgan fingerprint density at radius 2 is 1.79 bits per heavy atom. The van der Waals surface area contributed by atoms with Crippen LogP contribution >= 0.6 is 0 Å². The van der Waals surface area contributed by atoms with Gasteiger partial charge in [0.1, 0.15) is 29.1 Å². The van der Waals surface area contributed by atoms with E-state index in [4.69, 9.17) is 4.74 Å². The molecule has 62 heavy (non-hydrogen) atoms. The quantitative estimate of drug-likeness (QED) is 0.107. The lowest BCUT2D eigenvalue weighted by Crippen LogP contribution is -2.54. The van der Waals surface area contributed by atoms with E-state index in [2.05, 4.69) is 36.2 Å². The molecule has 7 amide bonds. The number of piperidine rings is 1. The molecule has 1 saturated heterocycles. The summed E-state index contributed by atoms with van der Waals surface area (Å²) in [5.41, 5.74) is 3.27. The van der Waals surface area contributed by atoms with Crippen LogP contribution in [0.4, 0.5) is 33.2 Å². The first-order valence-corrected chi connectivity index (χ1v) is 19.8. The van der Waals surface area contributed by atoms with Gasteiger partial charge in [0.25, 0.3) is 17.7 Å². The van der Waals surface area contributed by atoms with Crippen LogP contribution in [0.2, 0.25) is 0 Å². The Labute approximate surface area is 353 Å². The molecule has 3 aliphatic heterocycles. The molecule has 0 radical (unpaired) electrons. The Morgan fingerprint density at radius 1 is 0.984 bits per heavy atom. The molecule has 18 nitrogen and oxygen atoms in total. The van der Waals surface area contributed by atoms with Gasteiger partial charge in [-0.2, -0.15) is 9.97 Å². The zero-order valence-corrected chi connectivity index (χ0v) is 33.9. The first-order valence-electron chi connectivity index (χ1n) is 19.8. The molecule has 2 aromatic heterocycles. The van der Waals surface area contributed by atoms with Crippen LogP contribution in [0.5, 0.6) is 5.75 Å². The maximum atomic E-state index is 14.8. The highest BCUT2D eigenvalue weighted by Crippen LogP contribution is 2.39. The minimum atomic E-state index is -1.08. The molecule has 1 atom stereocenters. The summed E-state index contributed by atoms with van der Waals surface area (Å²) in [7, 11) is 4.46. The van der Waals surface area contributed by atoms with Gasteiger partial charge in [-0.3, -0.25) is 43.8 Å². The number of hydrogen-bond donors (Lipinski definition) is 5. The van der Waals surface area contributed by atoms with E-state index in [1.165, 1.54) is 37.3 Å². The fourth-order valence-electron chi connectivity index (χ4n) is 8.06. The van der Waals surface area contributed by atoms with Crippen LogP contribution in [0, 0.1) is 5.82 Å². The number of carbonyl (C=O) groups is 7. The van der Waals surface area contributed by atoms with Gasteiger partial charge in [0, 0.05) is 45.4 Å². The predicted molar refractivity (Wildman–Crippen MR) is 223 cm³/mol. The minimum absolute atomic E-state index is 0.0122. The van der Waals surface area contributed by atoms with Gasteiger partial charge in [-0.25, -0.2) is 4.39 Å². The molecule has 8 rings (SSSR count). The number of rotatable bonds is 13. The summed E-state index contributed by atoms with van der Waals surface area (Å²) in [6.07, 6.45) is 2.93. The number of benzene rings is 3. The van der Waals surface area contributed by atoms with Crippen molar-refractivity contribution in [1.29, 1.82) is 0 Å². The number of imide groups is 2. The van der Waals surface area contributed by atoms with Gasteiger partial charge in [0.05, 0.1) is 47.1 Å². The molecule has 5 N–H and O–H groups in total. The highest BCUT2D eigenvalue weighted by molar-refractivity contribution is 6.24. The van der Waals surface area contributed by atoms with E-state index in [1.807, 2.05) is 6.07 Å². The second-order valence-corrected chi connectivity index (χ2v) is 15.0. The number of aromatic nitrogens is 3. The molecule has 0 aliphatic carbocycles. The van der Waals surface area contributed by atoms with Gasteiger partial charge in [-0.1, -0.05) is 18.2 Å². The van der Waals surface area contributed by atoms with Crippen molar-refractivity contribution in [2.75, 3.05) is 49.8 Å². The zero-order chi connectivity index (χ0) is 43.8. The molecule has 19 heteroatoms. The number of nitrogens with one attached hydrogen (secondary N) is 5. The van der Waals surface area contributed by atoms with E-state index in [9.17, 15) is 38.0 Å². The molecule has 5 heterocycles. The molecule has 0 bridgehead atoms. The number of nitrogens with zero attached hydrogens (tertiary/aromatic N) is 5. The van der Waals surface area contributed by atoms with Gasteiger partial charge in [-0.15, -0.1) is 0 Å². The van der Waals surface area contributed by atoms with Crippen molar-refractivity contribution in [3.63, 3.8) is 0 Å². The maximum absolute atomic E-state index is 14.8. The maximum Gasteiger partial charge on any atom is 0.262 e. The van der Waals surface area contributed by atoms with Crippen molar-refractivity contribution in [1.82, 2.24) is 35.4 Å². The number of halogens is 1. The fourth-order valence-corrected chi connectivity index (χ4v) is 8.06. The van der Waals surface area contributed by atoms with Crippen LogP contribution in [-0.4, -0.2) is 106 Å². The van der Waals surface area contributed by atoms with Crippen molar-refractivity contribution in [2.24, 2.45) is 0 Å². The number of amides is 7. The van der Waals surface area contributed by atoms with Crippen LogP contribution < -0.4 is 30.9 Å². The third-order valence-electron chi connectivity index (χ3n) is 11.2. The van der Waals surface area contributed by atoms with Crippen LogP contribution in [0.1, 0.15) is 67.9 Å². The van der Waals surface area contributed by atoms with Gasteiger partial charge >= 0.3 is 0 Å². The predicted octanol–water partition coefficient (Wildman–Crippen LogP) is 3.72. The Hall–Kier alpha value is -7.70. The number of H-pyrrole nitrogens is 1. The van der Waals surface area contributed by atoms with Crippen LogP contribution in [0.3, 0.4) is 0 Å². The van der Waals surface area contributed by atoms with E-state index in [-0.39, 0.29) is 78.2 Å². The fraction of sp³-hybridized carbons (Fsp3) is 0.279. The molecule has 1 fully saturated rings. The van der Waals surface area contributed by atoms with E-state index in [0.29, 0.717) is 53.1 Å². The van der Waals surface area contributed by atoms with E-state index in [1.54, 1.807) is 48.5 Å². The smallest absolute Gasteiger partial charge is 0.262 e. The summed E-state index contributed by atoms with van der Waals surface area (Å²) >= 11 is 0. The number of methoxy groups -OCH3 is 1.